The highest BCUT2D eigenvalue weighted by Gasteiger charge is 2.29. The Hall–Kier alpha value is -2.74. The lowest BCUT2D eigenvalue weighted by molar-refractivity contribution is -0.116. The van der Waals surface area contributed by atoms with E-state index in [1.807, 2.05) is 13.0 Å². The number of nitrogens with zero attached hydrogens (tertiary/aromatic N) is 1. The number of benzene rings is 2. The summed E-state index contributed by atoms with van der Waals surface area (Å²) in [5.74, 6) is 0.693. The Morgan fingerprint density at radius 2 is 1.88 bits per heavy atom. The van der Waals surface area contributed by atoms with E-state index in [2.05, 4.69) is 5.32 Å². The summed E-state index contributed by atoms with van der Waals surface area (Å²) in [5, 5.41) is 2.73. The van der Waals surface area contributed by atoms with Crippen molar-refractivity contribution in [3.05, 3.63) is 48.0 Å². The summed E-state index contributed by atoms with van der Waals surface area (Å²) >= 11 is 0. The molecule has 1 aliphatic heterocycles. The molecule has 138 valence electrons. The topological polar surface area (TPSA) is 84.9 Å². The average Bonchev–Trinajstić information content (AvgIpc) is 3.01. The van der Waals surface area contributed by atoms with Gasteiger partial charge in [0.2, 0.25) is 22.7 Å². The molecule has 0 bridgehead atoms. The molecule has 1 N–H and O–H groups in total. The highest BCUT2D eigenvalue weighted by molar-refractivity contribution is 7.92. The number of carbonyl (C=O) groups excluding carboxylic acids is 1. The first-order chi connectivity index (χ1) is 12.3. The SMILES string of the molecule is Cc1cccc(N([C@H](C)C(=O)Nc2ccc3c(c2)OCO3)S(C)(=O)=O)c1. The molecule has 0 aliphatic carbocycles. The number of hydrogen-bond acceptors (Lipinski definition) is 5. The summed E-state index contributed by atoms with van der Waals surface area (Å²) in [6.45, 7) is 3.55. The van der Waals surface area contributed by atoms with Gasteiger partial charge in [0, 0.05) is 11.8 Å². The fourth-order valence-electron chi connectivity index (χ4n) is 2.79. The number of sulfonamides is 1. The molecule has 0 radical (unpaired) electrons. The Bertz CT molecular complexity index is 942. The van der Waals surface area contributed by atoms with E-state index in [4.69, 9.17) is 9.47 Å². The van der Waals surface area contributed by atoms with Gasteiger partial charge in [-0.1, -0.05) is 12.1 Å². The van der Waals surface area contributed by atoms with E-state index in [0.29, 0.717) is 22.9 Å². The van der Waals surface area contributed by atoms with Crippen LogP contribution >= 0.6 is 0 Å². The standard InChI is InChI=1S/C18H20N2O5S/c1-12-5-4-6-15(9-12)20(26(3,22)23)13(2)18(21)19-14-7-8-16-17(10-14)25-11-24-16/h4-10,13H,11H2,1-3H3,(H,19,21)/t13-/m1/s1. The van der Waals surface area contributed by atoms with Crippen molar-refractivity contribution in [2.75, 3.05) is 22.7 Å². The minimum Gasteiger partial charge on any atom is -0.454 e. The normalized spacial score (nSPS) is 14.0. The second-order valence-electron chi connectivity index (χ2n) is 6.13. The number of carbonyl (C=O) groups is 1. The van der Waals surface area contributed by atoms with Gasteiger partial charge < -0.3 is 14.8 Å². The molecule has 0 saturated heterocycles. The summed E-state index contributed by atoms with van der Waals surface area (Å²) in [7, 11) is -3.65. The van der Waals surface area contributed by atoms with Gasteiger partial charge in [-0.3, -0.25) is 9.10 Å². The van der Waals surface area contributed by atoms with Crippen LogP contribution in [0.1, 0.15) is 12.5 Å². The van der Waals surface area contributed by atoms with Gasteiger partial charge in [-0.15, -0.1) is 0 Å². The van der Waals surface area contributed by atoms with Crippen molar-refractivity contribution >= 4 is 27.3 Å². The molecule has 1 heterocycles. The lowest BCUT2D eigenvalue weighted by atomic mass is 10.2. The summed E-state index contributed by atoms with van der Waals surface area (Å²) < 4.78 is 36.2. The predicted octanol–water partition coefficient (Wildman–Crippen LogP) is 2.52. The van der Waals surface area contributed by atoms with Crippen molar-refractivity contribution in [1.82, 2.24) is 0 Å². The van der Waals surface area contributed by atoms with Crippen LogP contribution < -0.4 is 19.1 Å². The third-order valence-corrected chi connectivity index (χ3v) is 5.23. The number of ether oxygens (including phenoxy) is 2. The van der Waals surface area contributed by atoms with E-state index in [9.17, 15) is 13.2 Å². The number of nitrogens with one attached hydrogen (secondary N) is 1. The number of aryl methyl sites for hydroxylation is 1. The molecule has 0 unspecified atom stereocenters. The van der Waals surface area contributed by atoms with E-state index < -0.39 is 22.0 Å². The molecule has 3 rings (SSSR count). The smallest absolute Gasteiger partial charge is 0.247 e. The zero-order valence-corrected chi connectivity index (χ0v) is 15.5. The van der Waals surface area contributed by atoms with Crippen LogP contribution in [-0.2, 0) is 14.8 Å². The second kappa shape index (κ2) is 6.87. The van der Waals surface area contributed by atoms with Crippen LogP contribution in [-0.4, -0.2) is 33.4 Å². The van der Waals surface area contributed by atoms with Gasteiger partial charge in [-0.25, -0.2) is 8.42 Å². The summed E-state index contributed by atoms with van der Waals surface area (Å²) in [6, 6.07) is 11.1. The molecule has 1 atom stereocenters. The summed E-state index contributed by atoms with van der Waals surface area (Å²) in [5.41, 5.74) is 1.85. The number of rotatable bonds is 5. The Labute approximate surface area is 152 Å². The predicted molar refractivity (Wildman–Crippen MR) is 99.2 cm³/mol. The maximum Gasteiger partial charge on any atom is 0.247 e. The van der Waals surface area contributed by atoms with Crippen LogP contribution in [0.25, 0.3) is 0 Å². The van der Waals surface area contributed by atoms with Crippen molar-refractivity contribution in [3.63, 3.8) is 0 Å². The zero-order chi connectivity index (χ0) is 18.9. The molecule has 7 nitrogen and oxygen atoms in total. The van der Waals surface area contributed by atoms with E-state index >= 15 is 0 Å². The van der Waals surface area contributed by atoms with Crippen molar-refractivity contribution in [2.45, 2.75) is 19.9 Å². The molecular formula is C18H20N2O5S. The quantitative estimate of drug-likeness (QED) is 0.867. The summed E-state index contributed by atoms with van der Waals surface area (Å²) in [4.78, 5) is 12.7. The maximum atomic E-state index is 12.7. The van der Waals surface area contributed by atoms with Gasteiger partial charge in [-0.2, -0.15) is 0 Å². The minimum absolute atomic E-state index is 0.137. The molecule has 2 aromatic rings. The Morgan fingerprint density at radius 1 is 1.15 bits per heavy atom. The molecule has 1 aliphatic rings. The lowest BCUT2D eigenvalue weighted by Gasteiger charge is -2.28. The van der Waals surface area contributed by atoms with Crippen LogP contribution in [0.2, 0.25) is 0 Å². The van der Waals surface area contributed by atoms with Gasteiger partial charge in [0.1, 0.15) is 6.04 Å². The van der Waals surface area contributed by atoms with Gasteiger partial charge in [0.05, 0.1) is 11.9 Å². The molecule has 0 spiro atoms. The molecule has 0 aromatic heterocycles. The Balaban J connectivity index is 1.84. The van der Waals surface area contributed by atoms with Gasteiger partial charge in [0.25, 0.3) is 0 Å². The van der Waals surface area contributed by atoms with Crippen molar-refractivity contribution in [3.8, 4) is 11.5 Å². The molecule has 1 amide bonds. The molecule has 8 heteroatoms. The second-order valence-corrected chi connectivity index (χ2v) is 7.99. The van der Waals surface area contributed by atoms with Crippen LogP contribution in [0.15, 0.2) is 42.5 Å². The third kappa shape index (κ3) is 3.75. The first-order valence-corrected chi connectivity index (χ1v) is 9.87. The van der Waals surface area contributed by atoms with E-state index in [-0.39, 0.29) is 6.79 Å². The van der Waals surface area contributed by atoms with Crippen molar-refractivity contribution in [1.29, 1.82) is 0 Å². The molecule has 26 heavy (non-hydrogen) atoms. The van der Waals surface area contributed by atoms with Crippen molar-refractivity contribution in [2.24, 2.45) is 0 Å². The molecular weight excluding hydrogens is 356 g/mol. The van der Waals surface area contributed by atoms with Crippen molar-refractivity contribution < 1.29 is 22.7 Å². The van der Waals surface area contributed by atoms with Gasteiger partial charge >= 0.3 is 0 Å². The highest BCUT2D eigenvalue weighted by atomic mass is 32.2. The van der Waals surface area contributed by atoms with Crippen LogP contribution in [0.5, 0.6) is 11.5 Å². The third-order valence-electron chi connectivity index (χ3n) is 3.98. The average molecular weight is 376 g/mol. The lowest BCUT2D eigenvalue weighted by Crippen LogP contribution is -2.45. The minimum atomic E-state index is -3.65. The molecule has 0 fully saturated rings. The Kier molecular flexibility index (Phi) is 4.78. The molecule has 0 saturated carbocycles. The molecule has 2 aromatic carbocycles. The highest BCUT2D eigenvalue weighted by Crippen LogP contribution is 2.34. The van der Waals surface area contributed by atoms with E-state index in [1.165, 1.54) is 0 Å². The zero-order valence-electron chi connectivity index (χ0n) is 14.7. The number of hydrogen-bond donors (Lipinski definition) is 1. The van der Waals surface area contributed by atoms with Gasteiger partial charge in [0.15, 0.2) is 11.5 Å². The number of anilines is 2. The van der Waals surface area contributed by atoms with Gasteiger partial charge in [-0.05, 0) is 43.7 Å². The fourth-order valence-corrected chi connectivity index (χ4v) is 3.96. The number of fused-ring (bicyclic) bond motifs is 1. The first-order valence-electron chi connectivity index (χ1n) is 8.02. The number of amides is 1. The largest absolute Gasteiger partial charge is 0.454 e. The van der Waals surface area contributed by atoms with Crippen LogP contribution in [0.4, 0.5) is 11.4 Å². The van der Waals surface area contributed by atoms with Crippen LogP contribution in [0, 0.1) is 6.92 Å². The monoisotopic (exact) mass is 376 g/mol. The van der Waals surface area contributed by atoms with E-state index in [0.717, 1.165) is 16.1 Å². The Morgan fingerprint density at radius 3 is 2.58 bits per heavy atom. The maximum absolute atomic E-state index is 12.7. The van der Waals surface area contributed by atoms with Crippen LogP contribution in [0.3, 0.4) is 0 Å². The summed E-state index contributed by atoms with van der Waals surface area (Å²) in [6.07, 6.45) is 1.08. The first kappa shape index (κ1) is 18.1. The fraction of sp³-hybridized carbons (Fsp3) is 0.278. The van der Waals surface area contributed by atoms with E-state index in [1.54, 1.807) is 43.3 Å².